The van der Waals surface area contributed by atoms with Gasteiger partial charge in [0, 0.05) is 31.2 Å². The van der Waals surface area contributed by atoms with Crippen molar-refractivity contribution in [1.82, 2.24) is 9.21 Å². The van der Waals surface area contributed by atoms with Gasteiger partial charge in [-0.05, 0) is 57.7 Å². The second-order valence-corrected chi connectivity index (χ2v) is 8.96. The first-order chi connectivity index (χ1) is 11.4. The topological polar surface area (TPSA) is 64.4 Å². The first-order valence-corrected chi connectivity index (χ1v) is 10.1. The van der Waals surface area contributed by atoms with E-state index in [1.165, 1.54) is 18.9 Å². The van der Waals surface area contributed by atoms with Crippen molar-refractivity contribution in [2.24, 2.45) is 0 Å². The first kappa shape index (κ1) is 17.4. The fraction of sp³-hybridized carbons (Fsp3) is 0.611. The average Bonchev–Trinajstić information content (AvgIpc) is 2.93. The molecule has 0 saturated carbocycles. The summed E-state index contributed by atoms with van der Waals surface area (Å²) >= 11 is 0. The van der Waals surface area contributed by atoms with E-state index in [1.54, 1.807) is 22.5 Å². The van der Waals surface area contributed by atoms with E-state index in [-0.39, 0.29) is 4.90 Å². The van der Waals surface area contributed by atoms with Crippen LogP contribution in [0.1, 0.15) is 45.1 Å². The Morgan fingerprint density at radius 3 is 2.54 bits per heavy atom. The van der Waals surface area contributed by atoms with Gasteiger partial charge < -0.3 is 0 Å². The monoisotopic (exact) mass is 347 g/mol. The van der Waals surface area contributed by atoms with E-state index in [4.69, 9.17) is 5.26 Å². The molecule has 1 aromatic rings. The zero-order chi connectivity index (χ0) is 17.3. The number of benzene rings is 1. The number of sulfonamides is 1. The van der Waals surface area contributed by atoms with Crippen LogP contribution in [0.3, 0.4) is 0 Å². The van der Waals surface area contributed by atoms with Crippen LogP contribution < -0.4 is 0 Å². The Kier molecular flexibility index (Phi) is 4.95. The molecule has 0 spiro atoms. The highest BCUT2D eigenvalue weighted by Gasteiger charge is 2.38. The van der Waals surface area contributed by atoms with Crippen molar-refractivity contribution in [3.05, 3.63) is 29.8 Å². The van der Waals surface area contributed by atoms with Crippen LogP contribution in [0.25, 0.3) is 0 Å². The highest BCUT2D eigenvalue weighted by Crippen LogP contribution is 2.31. The van der Waals surface area contributed by atoms with Gasteiger partial charge in [0.25, 0.3) is 0 Å². The molecule has 1 aromatic carbocycles. The van der Waals surface area contributed by atoms with Gasteiger partial charge in [0.1, 0.15) is 0 Å². The largest absolute Gasteiger partial charge is 0.294 e. The van der Waals surface area contributed by atoms with Crippen LogP contribution in [0, 0.1) is 11.3 Å². The Balaban J connectivity index is 1.82. The fourth-order valence-electron chi connectivity index (χ4n) is 4.19. The molecule has 2 heterocycles. The zero-order valence-corrected chi connectivity index (χ0v) is 15.2. The molecule has 0 amide bonds. The van der Waals surface area contributed by atoms with Crippen LogP contribution in [0.4, 0.5) is 0 Å². The van der Waals surface area contributed by atoms with Crippen molar-refractivity contribution >= 4 is 10.0 Å². The summed E-state index contributed by atoms with van der Waals surface area (Å²) in [6.45, 7) is 5.60. The number of likely N-dealkylation sites (tertiary alicyclic amines) is 1. The van der Waals surface area contributed by atoms with Gasteiger partial charge in [-0.2, -0.15) is 9.57 Å². The summed E-state index contributed by atoms with van der Waals surface area (Å²) in [6, 6.07) is 9.68. The first-order valence-electron chi connectivity index (χ1n) is 8.71. The van der Waals surface area contributed by atoms with Crippen LogP contribution in [-0.4, -0.2) is 48.8 Å². The third-order valence-electron chi connectivity index (χ3n) is 5.40. The Hall–Kier alpha value is -1.42. The Labute approximate surface area is 144 Å². The van der Waals surface area contributed by atoms with Crippen LogP contribution in [0.5, 0.6) is 0 Å². The lowest BCUT2D eigenvalue weighted by molar-refractivity contribution is 0.0979. The van der Waals surface area contributed by atoms with Crippen molar-refractivity contribution in [2.75, 3.05) is 13.1 Å². The molecule has 2 aliphatic rings. The predicted octanol–water partition coefficient (Wildman–Crippen LogP) is 2.58. The summed E-state index contributed by atoms with van der Waals surface area (Å²) in [4.78, 5) is 2.73. The Morgan fingerprint density at radius 2 is 1.88 bits per heavy atom. The smallest absolute Gasteiger partial charge is 0.243 e. The van der Waals surface area contributed by atoms with E-state index in [9.17, 15) is 8.42 Å². The molecule has 6 heteroatoms. The highest BCUT2D eigenvalue weighted by atomic mass is 32.2. The molecule has 24 heavy (non-hydrogen) atoms. The second kappa shape index (κ2) is 6.83. The maximum absolute atomic E-state index is 13.0. The molecule has 0 bridgehead atoms. The molecule has 0 radical (unpaired) electrons. The molecule has 3 atom stereocenters. The number of piperidine rings is 1. The SMILES string of the molecule is CC1CCC(C)N1C1CCCN(S(=O)(=O)c2cccc(C#N)c2)C1. The van der Waals surface area contributed by atoms with E-state index in [0.29, 0.717) is 36.8 Å². The third-order valence-corrected chi connectivity index (χ3v) is 7.26. The predicted molar refractivity (Wildman–Crippen MR) is 92.9 cm³/mol. The van der Waals surface area contributed by atoms with Gasteiger partial charge in [-0.25, -0.2) is 8.42 Å². The van der Waals surface area contributed by atoms with Crippen LogP contribution >= 0.6 is 0 Å². The molecular weight excluding hydrogens is 322 g/mol. The van der Waals surface area contributed by atoms with Gasteiger partial charge in [0.2, 0.25) is 10.0 Å². The van der Waals surface area contributed by atoms with Crippen LogP contribution in [0.2, 0.25) is 0 Å². The lowest BCUT2D eigenvalue weighted by Crippen LogP contribution is -2.52. The maximum atomic E-state index is 13.0. The molecule has 0 aliphatic carbocycles. The number of nitrogens with zero attached hydrogens (tertiary/aromatic N) is 3. The number of nitriles is 1. The molecule has 2 saturated heterocycles. The third kappa shape index (κ3) is 3.21. The summed E-state index contributed by atoms with van der Waals surface area (Å²) in [7, 11) is -3.54. The molecule has 0 N–H and O–H groups in total. The van der Waals surface area contributed by atoms with Crippen molar-refractivity contribution in [1.29, 1.82) is 5.26 Å². The van der Waals surface area contributed by atoms with E-state index in [0.717, 1.165) is 12.8 Å². The van der Waals surface area contributed by atoms with Gasteiger partial charge in [0.15, 0.2) is 0 Å². The van der Waals surface area contributed by atoms with Crippen molar-refractivity contribution in [2.45, 2.75) is 62.6 Å². The Morgan fingerprint density at radius 1 is 1.17 bits per heavy atom. The fourth-order valence-corrected chi connectivity index (χ4v) is 5.75. The normalized spacial score (nSPS) is 29.5. The van der Waals surface area contributed by atoms with Gasteiger partial charge >= 0.3 is 0 Å². The standard InChI is InChI=1S/C18H25N3O2S/c1-14-8-9-15(2)21(14)17-6-4-10-20(13-17)24(22,23)18-7-3-5-16(11-18)12-19/h3,5,7,11,14-15,17H,4,6,8-10,13H2,1-2H3. The average molecular weight is 347 g/mol. The van der Waals surface area contributed by atoms with Gasteiger partial charge in [-0.1, -0.05) is 6.07 Å². The van der Waals surface area contributed by atoms with Crippen molar-refractivity contribution < 1.29 is 8.42 Å². The minimum atomic E-state index is -3.54. The summed E-state index contributed by atoms with van der Waals surface area (Å²) in [5, 5.41) is 9.02. The van der Waals surface area contributed by atoms with E-state index in [1.807, 2.05) is 6.07 Å². The Bertz CT molecular complexity index is 731. The lowest BCUT2D eigenvalue weighted by Gasteiger charge is -2.41. The van der Waals surface area contributed by atoms with Gasteiger partial charge in [-0.3, -0.25) is 4.90 Å². The second-order valence-electron chi connectivity index (χ2n) is 7.02. The molecule has 5 nitrogen and oxygen atoms in total. The summed E-state index contributed by atoms with van der Waals surface area (Å²) in [5.41, 5.74) is 0.381. The quantitative estimate of drug-likeness (QED) is 0.843. The maximum Gasteiger partial charge on any atom is 0.243 e. The van der Waals surface area contributed by atoms with Crippen LogP contribution in [-0.2, 0) is 10.0 Å². The molecule has 0 aromatic heterocycles. The van der Waals surface area contributed by atoms with E-state index in [2.05, 4.69) is 18.7 Å². The van der Waals surface area contributed by atoms with Crippen LogP contribution in [0.15, 0.2) is 29.2 Å². The summed E-state index contributed by atoms with van der Waals surface area (Å²) in [5.74, 6) is 0. The zero-order valence-electron chi connectivity index (χ0n) is 14.4. The molecule has 2 fully saturated rings. The minimum absolute atomic E-state index is 0.227. The summed E-state index contributed by atoms with van der Waals surface area (Å²) < 4.78 is 27.6. The minimum Gasteiger partial charge on any atom is -0.294 e. The van der Waals surface area contributed by atoms with Gasteiger partial charge in [-0.15, -0.1) is 0 Å². The molecule has 2 aliphatic heterocycles. The molecule has 130 valence electrons. The number of hydrogen-bond acceptors (Lipinski definition) is 4. The lowest BCUT2D eigenvalue weighted by atomic mass is 10.0. The molecule has 3 unspecified atom stereocenters. The van der Waals surface area contributed by atoms with E-state index < -0.39 is 10.0 Å². The van der Waals surface area contributed by atoms with Gasteiger partial charge in [0.05, 0.1) is 16.5 Å². The summed E-state index contributed by atoms with van der Waals surface area (Å²) in [6.07, 6.45) is 4.32. The molecular formula is C18H25N3O2S. The van der Waals surface area contributed by atoms with Crippen molar-refractivity contribution in [3.63, 3.8) is 0 Å². The van der Waals surface area contributed by atoms with E-state index >= 15 is 0 Å². The number of hydrogen-bond donors (Lipinski definition) is 0. The molecule has 3 rings (SSSR count). The van der Waals surface area contributed by atoms with Crippen molar-refractivity contribution in [3.8, 4) is 6.07 Å². The number of rotatable bonds is 3. The highest BCUT2D eigenvalue weighted by molar-refractivity contribution is 7.89.